The molecule has 98 valence electrons. The van der Waals surface area contributed by atoms with E-state index in [0.717, 1.165) is 23.9 Å². The van der Waals surface area contributed by atoms with Crippen molar-refractivity contribution in [2.24, 2.45) is 5.10 Å². The fraction of sp³-hybridized carbons (Fsp3) is 0.333. The van der Waals surface area contributed by atoms with Crippen LogP contribution in [-0.2, 0) is 0 Å². The van der Waals surface area contributed by atoms with Crippen LogP contribution in [0.3, 0.4) is 0 Å². The Balaban J connectivity index is 2.44. The average molecular weight is 332 g/mol. The maximum absolute atomic E-state index is 13.4. The van der Waals surface area contributed by atoms with Gasteiger partial charge in [-0.25, -0.2) is 4.39 Å². The number of thiocarbonyl (C=S) groups is 1. The number of halogens is 2. The van der Waals surface area contributed by atoms with Crippen LogP contribution >= 0.6 is 28.1 Å². The van der Waals surface area contributed by atoms with Crippen LogP contribution in [0.4, 0.5) is 4.39 Å². The van der Waals surface area contributed by atoms with Crippen LogP contribution in [0.5, 0.6) is 0 Å². The van der Waals surface area contributed by atoms with Crippen molar-refractivity contribution in [1.29, 1.82) is 0 Å². The molecule has 0 unspecified atom stereocenters. The first kappa shape index (κ1) is 15.0. The number of hydrogen-bond donors (Lipinski definition) is 2. The van der Waals surface area contributed by atoms with Gasteiger partial charge in [0.2, 0.25) is 0 Å². The fourth-order valence-electron chi connectivity index (χ4n) is 1.19. The number of benzene rings is 1. The molecule has 0 saturated carbocycles. The molecular formula is C12H15BrFN3S. The Hall–Kier alpha value is -1.01. The molecule has 0 aliphatic carbocycles. The summed E-state index contributed by atoms with van der Waals surface area (Å²) in [7, 11) is 0. The predicted molar refractivity (Wildman–Crippen MR) is 80.3 cm³/mol. The molecular weight excluding hydrogens is 317 g/mol. The maximum atomic E-state index is 13.4. The van der Waals surface area contributed by atoms with E-state index in [9.17, 15) is 4.39 Å². The van der Waals surface area contributed by atoms with Crippen molar-refractivity contribution in [3.63, 3.8) is 0 Å². The molecule has 0 aromatic heterocycles. The SMILES string of the molecule is CCCCNC(=S)N/N=C\c1cc(Br)ccc1F. The van der Waals surface area contributed by atoms with Crippen LogP contribution < -0.4 is 10.7 Å². The van der Waals surface area contributed by atoms with Gasteiger partial charge in [-0.2, -0.15) is 5.10 Å². The van der Waals surface area contributed by atoms with E-state index in [0.29, 0.717) is 10.7 Å². The van der Waals surface area contributed by atoms with E-state index >= 15 is 0 Å². The first-order chi connectivity index (χ1) is 8.63. The lowest BCUT2D eigenvalue weighted by Crippen LogP contribution is -2.32. The van der Waals surface area contributed by atoms with E-state index in [4.69, 9.17) is 12.2 Å². The minimum Gasteiger partial charge on any atom is -0.361 e. The average Bonchev–Trinajstić information content (AvgIpc) is 2.34. The minimum absolute atomic E-state index is 0.325. The van der Waals surface area contributed by atoms with E-state index in [1.165, 1.54) is 12.3 Å². The summed E-state index contributed by atoms with van der Waals surface area (Å²) < 4.78 is 14.2. The smallest absolute Gasteiger partial charge is 0.186 e. The lowest BCUT2D eigenvalue weighted by Gasteiger charge is -2.05. The maximum Gasteiger partial charge on any atom is 0.186 e. The number of nitrogens with zero attached hydrogens (tertiary/aromatic N) is 1. The molecule has 0 amide bonds. The highest BCUT2D eigenvalue weighted by atomic mass is 79.9. The fourth-order valence-corrected chi connectivity index (χ4v) is 1.73. The van der Waals surface area contributed by atoms with Gasteiger partial charge in [-0.15, -0.1) is 0 Å². The van der Waals surface area contributed by atoms with Crippen molar-refractivity contribution in [2.45, 2.75) is 19.8 Å². The number of unbranched alkanes of at least 4 members (excludes halogenated alkanes) is 1. The second-order valence-electron chi connectivity index (χ2n) is 3.65. The normalized spacial score (nSPS) is 10.6. The van der Waals surface area contributed by atoms with Gasteiger partial charge in [-0.05, 0) is 36.8 Å². The highest BCUT2D eigenvalue weighted by Gasteiger charge is 1.99. The summed E-state index contributed by atoms with van der Waals surface area (Å²) in [5.41, 5.74) is 3.04. The van der Waals surface area contributed by atoms with Gasteiger partial charge in [0.15, 0.2) is 5.11 Å². The molecule has 0 saturated heterocycles. The number of nitrogens with one attached hydrogen (secondary N) is 2. The molecule has 0 fully saturated rings. The van der Waals surface area contributed by atoms with Gasteiger partial charge in [0.05, 0.1) is 6.21 Å². The molecule has 0 bridgehead atoms. The van der Waals surface area contributed by atoms with Gasteiger partial charge in [-0.3, -0.25) is 5.43 Å². The van der Waals surface area contributed by atoms with Gasteiger partial charge in [0, 0.05) is 16.6 Å². The highest BCUT2D eigenvalue weighted by Crippen LogP contribution is 2.13. The summed E-state index contributed by atoms with van der Waals surface area (Å²) in [4.78, 5) is 0. The van der Waals surface area contributed by atoms with E-state index in [1.807, 2.05) is 0 Å². The molecule has 1 aromatic rings. The first-order valence-corrected chi connectivity index (χ1v) is 6.85. The second-order valence-corrected chi connectivity index (χ2v) is 4.97. The summed E-state index contributed by atoms with van der Waals surface area (Å²) in [6.07, 6.45) is 3.54. The van der Waals surface area contributed by atoms with Crippen LogP contribution in [0.2, 0.25) is 0 Å². The van der Waals surface area contributed by atoms with Crippen molar-refractivity contribution >= 4 is 39.5 Å². The molecule has 0 aliphatic heterocycles. The Morgan fingerprint density at radius 3 is 3.06 bits per heavy atom. The van der Waals surface area contributed by atoms with E-state index in [1.54, 1.807) is 12.1 Å². The lowest BCUT2D eigenvalue weighted by molar-refractivity contribution is 0.625. The lowest BCUT2D eigenvalue weighted by atomic mass is 10.2. The molecule has 0 spiro atoms. The predicted octanol–water partition coefficient (Wildman–Crippen LogP) is 3.19. The van der Waals surface area contributed by atoms with Crippen LogP contribution in [0.25, 0.3) is 0 Å². The largest absolute Gasteiger partial charge is 0.361 e. The summed E-state index contributed by atoms with van der Waals surface area (Å²) in [5.74, 6) is -0.325. The third-order valence-corrected chi connectivity index (χ3v) is 2.87. The summed E-state index contributed by atoms with van der Waals surface area (Å²) >= 11 is 8.27. The topological polar surface area (TPSA) is 36.4 Å². The second kappa shape index (κ2) is 8.16. The van der Waals surface area contributed by atoms with Gasteiger partial charge in [-0.1, -0.05) is 29.3 Å². The van der Waals surface area contributed by atoms with Crippen molar-refractivity contribution in [3.8, 4) is 0 Å². The first-order valence-electron chi connectivity index (χ1n) is 5.65. The van der Waals surface area contributed by atoms with Crippen LogP contribution in [0.15, 0.2) is 27.8 Å². The Bertz CT molecular complexity index is 437. The van der Waals surface area contributed by atoms with E-state index in [2.05, 4.69) is 38.7 Å². The van der Waals surface area contributed by atoms with Crippen LogP contribution in [-0.4, -0.2) is 17.9 Å². The molecule has 18 heavy (non-hydrogen) atoms. The zero-order valence-corrected chi connectivity index (χ0v) is 12.4. The molecule has 3 nitrogen and oxygen atoms in total. The highest BCUT2D eigenvalue weighted by molar-refractivity contribution is 9.10. The summed E-state index contributed by atoms with van der Waals surface area (Å²) in [6, 6.07) is 4.66. The summed E-state index contributed by atoms with van der Waals surface area (Å²) in [6.45, 7) is 2.91. The zero-order valence-electron chi connectivity index (χ0n) is 10.0. The third kappa shape index (κ3) is 5.55. The molecule has 0 aliphatic rings. The quantitative estimate of drug-likeness (QED) is 0.376. The van der Waals surface area contributed by atoms with Crippen molar-refractivity contribution in [2.75, 3.05) is 6.54 Å². The Morgan fingerprint density at radius 2 is 2.33 bits per heavy atom. The molecule has 0 atom stereocenters. The number of rotatable bonds is 5. The van der Waals surface area contributed by atoms with Crippen molar-refractivity contribution in [1.82, 2.24) is 10.7 Å². The van der Waals surface area contributed by atoms with Crippen molar-refractivity contribution < 1.29 is 4.39 Å². The molecule has 6 heteroatoms. The van der Waals surface area contributed by atoms with E-state index in [-0.39, 0.29) is 5.82 Å². The standard InChI is InChI=1S/C12H15BrFN3S/c1-2-3-6-15-12(18)17-16-8-9-7-10(13)4-5-11(9)14/h4-5,7-8H,2-3,6H2,1H3,(H2,15,17,18)/b16-8-. The number of hydrazone groups is 1. The van der Waals surface area contributed by atoms with Gasteiger partial charge in [0.25, 0.3) is 0 Å². The Kier molecular flexibility index (Phi) is 6.82. The Labute approximate surface area is 120 Å². The molecule has 0 heterocycles. The monoisotopic (exact) mass is 331 g/mol. The zero-order chi connectivity index (χ0) is 13.4. The third-order valence-electron chi connectivity index (χ3n) is 2.14. The van der Waals surface area contributed by atoms with Gasteiger partial charge in [0.1, 0.15) is 5.82 Å². The van der Waals surface area contributed by atoms with E-state index < -0.39 is 0 Å². The molecule has 1 aromatic carbocycles. The summed E-state index contributed by atoms with van der Waals surface area (Å²) in [5, 5.41) is 7.32. The van der Waals surface area contributed by atoms with Crippen LogP contribution in [0.1, 0.15) is 25.3 Å². The number of hydrogen-bond acceptors (Lipinski definition) is 2. The molecule has 2 N–H and O–H groups in total. The van der Waals surface area contributed by atoms with Gasteiger partial charge < -0.3 is 5.32 Å². The van der Waals surface area contributed by atoms with Crippen LogP contribution in [0, 0.1) is 5.82 Å². The Morgan fingerprint density at radius 1 is 1.56 bits per heavy atom. The molecule has 1 rings (SSSR count). The van der Waals surface area contributed by atoms with Gasteiger partial charge >= 0.3 is 0 Å². The minimum atomic E-state index is -0.325. The molecule has 0 radical (unpaired) electrons. The van der Waals surface area contributed by atoms with Crippen molar-refractivity contribution in [3.05, 3.63) is 34.1 Å².